The number of alkyl halides is 4. The van der Waals surface area contributed by atoms with E-state index in [1.54, 1.807) is 0 Å². The lowest BCUT2D eigenvalue weighted by Crippen LogP contribution is -2.24. The van der Waals surface area contributed by atoms with Crippen LogP contribution in [0.3, 0.4) is 0 Å². The van der Waals surface area contributed by atoms with Crippen molar-refractivity contribution in [2.75, 3.05) is 0 Å². The maximum absolute atomic E-state index is 10.1. The molecule has 11 heavy (non-hydrogen) atoms. The molecule has 0 fully saturated rings. The van der Waals surface area contributed by atoms with Gasteiger partial charge in [-0.2, -0.15) is 0 Å². The normalized spacial score (nSPS) is 16.5. The summed E-state index contributed by atoms with van der Waals surface area (Å²) in [5.41, 5.74) is 0. The summed E-state index contributed by atoms with van der Waals surface area (Å²) < 4.78 is 0. The summed E-state index contributed by atoms with van der Waals surface area (Å²) in [4.78, 5) is 9.26. The molecule has 0 aromatic heterocycles. The second-order valence-electron chi connectivity index (χ2n) is 1.89. The molecular weight excluding hydrogens is 234 g/mol. The Hall–Kier alpha value is 0.630. The van der Waals surface area contributed by atoms with Gasteiger partial charge in [0.2, 0.25) is 0 Å². The third kappa shape index (κ3) is 4.96. The zero-order valence-electron chi connectivity index (χ0n) is 5.31. The first-order valence-electron chi connectivity index (χ1n) is 2.73. The van der Waals surface area contributed by atoms with Gasteiger partial charge in [0.05, 0.1) is 17.2 Å². The Labute approximate surface area is 84.4 Å². The molecule has 0 aliphatic carbocycles. The Balaban J connectivity index is 3.82. The zero-order chi connectivity index (χ0) is 9.02. The molecule has 2 atom stereocenters. The highest BCUT2D eigenvalue weighted by Crippen LogP contribution is 2.23. The Morgan fingerprint density at radius 1 is 1.27 bits per heavy atom. The van der Waals surface area contributed by atoms with E-state index in [9.17, 15) is 4.79 Å². The van der Waals surface area contributed by atoms with Gasteiger partial charge in [0, 0.05) is 0 Å². The number of carboxylic acids is 1. The summed E-state index contributed by atoms with van der Waals surface area (Å²) >= 11 is 21.8. The lowest BCUT2D eigenvalue weighted by atomic mass is 10.2. The lowest BCUT2D eigenvalue weighted by molar-refractivity contribution is -0.137. The number of carbonyl (C=O) groups is 1. The van der Waals surface area contributed by atoms with Crippen LogP contribution in [0.5, 0.6) is 0 Å². The van der Waals surface area contributed by atoms with Gasteiger partial charge in [-0.1, -0.05) is 0 Å². The third-order valence-corrected chi connectivity index (χ3v) is 2.87. The fraction of sp³-hybridized carbons (Fsp3) is 0.800. The molecule has 0 heterocycles. The van der Waals surface area contributed by atoms with Crippen LogP contribution >= 0.6 is 46.4 Å². The highest BCUT2D eigenvalue weighted by molar-refractivity contribution is 6.49. The van der Waals surface area contributed by atoms with Crippen LogP contribution < -0.4 is 0 Å². The molecule has 2 nitrogen and oxygen atoms in total. The molecule has 66 valence electrons. The maximum atomic E-state index is 10.1. The monoisotopic (exact) mass is 238 g/mol. The minimum Gasteiger partial charge on any atom is -0.481 e. The fourth-order valence-corrected chi connectivity index (χ4v) is 1.30. The second-order valence-corrected chi connectivity index (χ2v) is 4.12. The van der Waals surface area contributed by atoms with Gasteiger partial charge >= 0.3 is 5.97 Å². The largest absolute Gasteiger partial charge is 0.481 e. The molecule has 2 unspecified atom stereocenters. The van der Waals surface area contributed by atoms with Crippen molar-refractivity contribution in [3.63, 3.8) is 0 Å². The Bertz CT molecular complexity index is 138. The molecule has 0 rings (SSSR count). The molecule has 0 aliphatic heterocycles. The van der Waals surface area contributed by atoms with Crippen LogP contribution in [0.2, 0.25) is 0 Å². The Morgan fingerprint density at radius 2 is 1.73 bits per heavy atom. The number of carboxylic acid groups (broad SMARTS) is 1. The van der Waals surface area contributed by atoms with Crippen molar-refractivity contribution in [1.82, 2.24) is 0 Å². The molecule has 6 heteroatoms. The zero-order valence-corrected chi connectivity index (χ0v) is 8.33. The number of aliphatic carboxylic acids is 1. The van der Waals surface area contributed by atoms with E-state index in [1.165, 1.54) is 0 Å². The van der Waals surface area contributed by atoms with E-state index in [0.717, 1.165) is 0 Å². The molecule has 0 aliphatic rings. The first kappa shape index (κ1) is 11.6. The first-order chi connectivity index (χ1) is 4.95. The van der Waals surface area contributed by atoms with E-state index in [4.69, 9.17) is 51.5 Å². The van der Waals surface area contributed by atoms with Gasteiger partial charge in [-0.15, -0.1) is 46.4 Å². The van der Waals surface area contributed by atoms with E-state index >= 15 is 0 Å². The minimum atomic E-state index is -1.02. The van der Waals surface area contributed by atoms with Crippen molar-refractivity contribution in [3.05, 3.63) is 0 Å². The summed E-state index contributed by atoms with van der Waals surface area (Å²) in [6, 6.07) is 0. The standard InChI is InChI=1S/C5H6Cl4O2/c6-2(1-3(10)11)4(7)5(8)9/h2,4-5H,1H2,(H,10,11). The van der Waals surface area contributed by atoms with E-state index in [2.05, 4.69) is 0 Å². The van der Waals surface area contributed by atoms with Gasteiger partial charge in [-0.05, 0) is 0 Å². The van der Waals surface area contributed by atoms with Crippen molar-refractivity contribution in [1.29, 1.82) is 0 Å². The van der Waals surface area contributed by atoms with E-state index in [1.807, 2.05) is 0 Å². The molecule has 0 saturated heterocycles. The third-order valence-electron chi connectivity index (χ3n) is 0.956. The highest BCUT2D eigenvalue weighted by atomic mass is 35.5. The number of halogens is 4. The summed E-state index contributed by atoms with van der Waals surface area (Å²) in [5, 5.41) is 6.80. The highest BCUT2D eigenvalue weighted by Gasteiger charge is 2.25. The van der Waals surface area contributed by atoms with Crippen molar-refractivity contribution in [2.45, 2.75) is 22.0 Å². The summed E-state index contributed by atoms with van der Waals surface area (Å²) in [6.07, 6.45) is -0.244. The lowest BCUT2D eigenvalue weighted by Gasteiger charge is -2.14. The minimum absolute atomic E-state index is 0.244. The van der Waals surface area contributed by atoms with Crippen LogP contribution in [0.1, 0.15) is 6.42 Å². The summed E-state index contributed by atoms with van der Waals surface area (Å²) in [6.45, 7) is 0. The average Bonchev–Trinajstić information content (AvgIpc) is 1.84. The average molecular weight is 240 g/mol. The van der Waals surface area contributed by atoms with Crippen LogP contribution in [0, 0.1) is 0 Å². The molecule has 0 spiro atoms. The predicted molar refractivity (Wildman–Crippen MR) is 47.0 cm³/mol. The van der Waals surface area contributed by atoms with Crippen molar-refractivity contribution < 1.29 is 9.90 Å². The Kier molecular flexibility index (Phi) is 5.61. The van der Waals surface area contributed by atoms with Gasteiger partial charge < -0.3 is 5.11 Å². The van der Waals surface area contributed by atoms with Crippen LogP contribution in [0.15, 0.2) is 0 Å². The van der Waals surface area contributed by atoms with Crippen molar-refractivity contribution >= 4 is 52.4 Å². The smallest absolute Gasteiger partial charge is 0.304 e. The molecule has 0 saturated carbocycles. The van der Waals surface area contributed by atoms with E-state index in [0.29, 0.717) is 0 Å². The molecule has 0 bridgehead atoms. The first-order valence-corrected chi connectivity index (χ1v) is 4.47. The molecule has 0 radical (unpaired) electrons. The van der Waals surface area contributed by atoms with Crippen LogP contribution in [0.4, 0.5) is 0 Å². The SMILES string of the molecule is O=C(O)CC(Cl)C(Cl)C(Cl)Cl. The van der Waals surface area contributed by atoms with E-state index in [-0.39, 0.29) is 6.42 Å². The quantitative estimate of drug-likeness (QED) is 0.766. The van der Waals surface area contributed by atoms with Crippen LogP contribution in [-0.2, 0) is 4.79 Å². The summed E-state index contributed by atoms with van der Waals surface area (Å²) in [7, 11) is 0. The van der Waals surface area contributed by atoms with Crippen LogP contribution in [-0.4, -0.2) is 26.7 Å². The van der Waals surface area contributed by atoms with Gasteiger partial charge in [0.1, 0.15) is 4.84 Å². The molecule has 0 aromatic rings. The summed E-state index contributed by atoms with van der Waals surface area (Å²) in [5.74, 6) is -1.02. The number of hydrogen-bond acceptors (Lipinski definition) is 1. The number of hydrogen-bond donors (Lipinski definition) is 1. The molecular formula is C5H6Cl4O2. The van der Waals surface area contributed by atoms with Gasteiger partial charge in [-0.3, -0.25) is 4.79 Å². The van der Waals surface area contributed by atoms with Crippen LogP contribution in [0.25, 0.3) is 0 Å². The molecule has 0 amide bonds. The van der Waals surface area contributed by atoms with Gasteiger partial charge in [-0.25, -0.2) is 0 Å². The second kappa shape index (κ2) is 5.31. The molecule has 0 aromatic carbocycles. The molecule has 1 N–H and O–H groups in total. The van der Waals surface area contributed by atoms with Crippen molar-refractivity contribution in [3.8, 4) is 0 Å². The van der Waals surface area contributed by atoms with E-state index < -0.39 is 21.6 Å². The van der Waals surface area contributed by atoms with Gasteiger partial charge in [0.25, 0.3) is 0 Å². The maximum Gasteiger partial charge on any atom is 0.304 e. The van der Waals surface area contributed by atoms with Crippen molar-refractivity contribution in [2.24, 2.45) is 0 Å². The van der Waals surface area contributed by atoms with Gasteiger partial charge in [0.15, 0.2) is 0 Å². The predicted octanol–water partition coefficient (Wildman–Crippen LogP) is 2.48. The fourth-order valence-electron chi connectivity index (χ4n) is 0.437. The number of rotatable bonds is 4. The Morgan fingerprint density at radius 3 is 2.00 bits per heavy atom. The topological polar surface area (TPSA) is 37.3 Å².